The van der Waals surface area contributed by atoms with Crippen LogP contribution in [-0.4, -0.2) is 32.0 Å². The molecule has 1 saturated heterocycles. The van der Waals surface area contributed by atoms with Crippen LogP contribution in [-0.2, 0) is 19.4 Å². The van der Waals surface area contributed by atoms with Gasteiger partial charge in [-0.1, -0.05) is 17.9 Å². The molecule has 0 radical (unpaired) electrons. The Kier molecular flexibility index (Phi) is 4.64. The summed E-state index contributed by atoms with van der Waals surface area (Å²) in [7, 11) is 0. The monoisotopic (exact) mass is 484 g/mol. The SMILES string of the molecule is C#CC1CC1NCc1nc2ccc(C#Cc3ccc4c(c3)CCc3[nH]c(C5CC6CC6N5)nc3-4)cc2[nH]1. The van der Waals surface area contributed by atoms with Crippen LogP contribution in [0.4, 0.5) is 0 Å². The van der Waals surface area contributed by atoms with Gasteiger partial charge in [-0.3, -0.25) is 0 Å². The van der Waals surface area contributed by atoms with Gasteiger partial charge in [0, 0.05) is 40.4 Å². The summed E-state index contributed by atoms with van der Waals surface area (Å²) in [6, 6.07) is 14.3. The van der Waals surface area contributed by atoms with Gasteiger partial charge in [0.2, 0.25) is 0 Å². The Bertz CT molecular complexity index is 1650. The van der Waals surface area contributed by atoms with Gasteiger partial charge >= 0.3 is 0 Å². The van der Waals surface area contributed by atoms with Crippen molar-refractivity contribution in [1.29, 1.82) is 0 Å². The minimum atomic E-state index is 0.369. The smallest absolute Gasteiger partial charge is 0.124 e. The van der Waals surface area contributed by atoms with Crippen LogP contribution in [0.15, 0.2) is 36.4 Å². The van der Waals surface area contributed by atoms with Crippen LogP contribution in [0.1, 0.15) is 59.3 Å². The van der Waals surface area contributed by atoms with Gasteiger partial charge in [0.1, 0.15) is 11.6 Å². The predicted molar refractivity (Wildman–Crippen MR) is 143 cm³/mol. The third-order valence-corrected chi connectivity index (χ3v) is 8.43. The summed E-state index contributed by atoms with van der Waals surface area (Å²) in [5.74, 6) is 12.8. The van der Waals surface area contributed by atoms with Gasteiger partial charge < -0.3 is 20.6 Å². The molecule has 6 heteroatoms. The van der Waals surface area contributed by atoms with Gasteiger partial charge in [-0.15, -0.1) is 12.3 Å². The molecule has 2 saturated carbocycles. The zero-order valence-electron chi connectivity index (χ0n) is 20.6. The first kappa shape index (κ1) is 21.3. The predicted octanol–water partition coefficient (Wildman–Crippen LogP) is 3.99. The van der Waals surface area contributed by atoms with Crippen LogP contribution in [0.3, 0.4) is 0 Å². The van der Waals surface area contributed by atoms with Gasteiger partial charge in [0.25, 0.3) is 0 Å². The van der Waals surface area contributed by atoms with Gasteiger partial charge in [-0.05, 0) is 73.9 Å². The molecule has 3 heterocycles. The number of piperidine rings is 1. The molecule has 6 nitrogen and oxygen atoms in total. The lowest BCUT2D eigenvalue weighted by Crippen LogP contribution is -2.18. The molecule has 37 heavy (non-hydrogen) atoms. The van der Waals surface area contributed by atoms with E-state index >= 15 is 0 Å². The molecule has 4 aromatic rings. The highest BCUT2D eigenvalue weighted by atomic mass is 15.1. The maximum atomic E-state index is 5.49. The van der Waals surface area contributed by atoms with E-state index in [1.165, 1.54) is 29.7 Å². The minimum absolute atomic E-state index is 0.369. The number of terminal acetylenes is 1. The summed E-state index contributed by atoms with van der Waals surface area (Å²) in [5.41, 5.74) is 8.97. The van der Waals surface area contributed by atoms with Gasteiger partial charge in [0.05, 0.1) is 29.3 Å². The van der Waals surface area contributed by atoms with Gasteiger partial charge in [-0.2, -0.15) is 0 Å². The molecule has 182 valence electrons. The first-order chi connectivity index (χ1) is 18.2. The van der Waals surface area contributed by atoms with Crippen molar-refractivity contribution in [2.45, 2.75) is 56.8 Å². The minimum Gasteiger partial charge on any atom is -0.344 e. The lowest BCUT2D eigenvalue weighted by atomic mass is 9.91. The van der Waals surface area contributed by atoms with Crippen molar-refractivity contribution in [2.24, 2.45) is 11.8 Å². The lowest BCUT2D eigenvalue weighted by Gasteiger charge is -2.15. The summed E-state index contributed by atoms with van der Waals surface area (Å²) in [6.45, 7) is 0.699. The number of hydrogen-bond donors (Lipinski definition) is 4. The van der Waals surface area contributed by atoms with Crippen molar-refractivity contribution in [3.05, 3.63) is 70.4 Å². The number of imidazole rings is 2. The third-order valence-electron chi connectivity index (χ3n) is 8.43. The highest BCUT2D eigenvalue weighted by Crippen LogP contribution is 2.46. The van der Waals surface area contributed by atoms with Crippen LogP contribution in [0.5, 0.6) is 0 Å². The number of fused-ring (bicyclic) bond motifs is 5. The average Bonchev–Trinajstić information content (AvgIpc) is 3.66. The molecule has 2 aromatic carbocycles. The summed E-state index contributed by atoms with van der Waals surface area (Å²) >= 11 is 0. The zero-order chi connectivity index (χ0) is 24.5. The Morgan fingerprint density at radius 2 is 1.86 bits per heavy atom. The Labute approximate surface area is 216 Å². The van der Waals surface area contributed by atoms with E-state index < -0.39 is 0 Å². The third kappa shape index (κ3) is 3.85. The number of nitrogens with zero attached hydrogens (tertiary/aromatic N) is 2. The maximum absolute atomic E-state index is 5.49. The largest absolute Gasteiger partial charge is 0.344 e. The first-order valence-electron chi connectivity index (χ1n) is 13.4. The van der Waals surface area contributed by atoms with E-state index in [1.54, 1.807) is 0 Å². The van der Waals surface area contributed by atoms with Crippen molar-refractivity contribution >= 4 is 11.0 Å². The normalized spacial score (nSPS) is 26.5. The molecule has 2 aromatic heterocycles. The second-order valence-corrected chi connectivity index (χ2v) is 11.0. The molecule has 1 aliphatic heterocycles. The Morgan fingerprint density at radius 1 is 0.973 bits per heavy atom. The molecule has 3 aliphatic carbocycles. The molecule has 0 amide bonds. The fraction of sp³-hybridized carbons (Fsp3) is 0.355. The van der Waals surface area contributed by atoms with E-state index in [-0.39, 0.29) is 0 Å². The van der Waals surface area contributed by atoms with Crippen LogP contribution >= 0.6 is 0 Å². The lowest BCUT2D eigenvalue weighted by molar-refractivity contribution is 0.542. The Hall–Kier alpha value is -3.84. The molecule has 8 rings (SSSR count). The number of aromatic nitrogens is 4. The van der Waals surface area contributed by atoms with E-state index in [1.807, 2.05) is 12.1 Å². The first-order valence-corrected chi connectivity index (χ1v) is 13.4. The van der Waals surface area contributed by atoms with Crippen molar-refractivity contribution < 1.29 is 0 Å². The molecular formula is C31H28N6. The van der Waals surface area contributed by atoms with Gasteiger partial charge in [0.15, 0.2) is 0 Å². The summed E-state index contributed by atoms with van der Waals surface area (Å²) in [6.07, 6.45) is 11.1. The number of hydrogen-bond acceptors (Lipinski definition) is 4. The molecule has 0 spiro atoms. The van der Waals surface area contributed by atoms with Crippen molar-refractivity contribution in [3.63, 3.8) is 0 Å². The second kappa shape index (κ2) is 8.08. The van der Waals surface area contributed by atoms with E-state index in [0.717, 1.165) is 70.7 Å². The van der Waals surface area contributed by atoms with Gasteiger partial charge in [-0.25, -0.2) is 9.97 Å². The molecule has 0 bridgehead atoms. The van der Waals surface area contributed by atoms with Crippen molar-refractivity contribution in [1.82, 2.24) is 30.6 Å². The highest BCUT2D eigenvalue weighted by molar-refractivity contribution is 5.77. The molecule has 4 aliphatic rings. The summed E-state index contributed by atoms with van der Waals surface area (Å²) in [5, 5.41) is 7.19. The molecule has 3 fully saturated rings. The number of benzene rings is 2. The van der Waals surface area contributed by atoms with E-state index in [9.17, 15) is 0 Å². The van der Waals surface area contributed by atoms with Crippen molar-refractivity contribution in [3.8, 4) is 35.4 Å². The quantitative estimate of drug-likeness (QED) is 0.330. The summed E-state index contributed by atoms with van der Waals surface area (Å²) < 4.78 is 0. The maximum Gasteiger partial charge on any atom is 0.124 e. The van der Waals surface area contributed by atoms with E-state index in [4.69, 9.17) is 16.4 Å². The fourth-order valence-electron chi connectivity index (χ4n) is 6.10. The zero-order valence-corrected chi connectivity index (χ0v) is 20.6. The van der Waals surface area contributed by atoms with Crippen LogP contribution < -0.4 is 10.6 Å². The van der Waals surface area contributed by atoms with E-state index in [2.05, 4.69) is 62.6 Å². The average molecular weight is 485 g/mol. The number of H-pyrrole nitrogens is 2. The van der Waals surface area contributed by atoms with Crippen LogP contribution in [0.2, 0.25) is 0 Å². The summed E-state index contributed by atoms with van der Waals surface area (Å²) in [4.78, 5) is 16.8. The second-order valence-electron chi connectivity index (χ2n) is 11.0. The number of aromatic amines is 2. The Morgan fingerprint density at radius 3 is 2.70 bits per heavy atom. The van der Waals surface area contributed by atoms with Crippen LogP contribution in [0.25, 0.3) is 22.3 Å². The van der Waals surface area contributed by atoms with E-state index in [0.29, 0.717) is 24.5 Å². The Balaban J connectivity index is 0.997. The highest BCUT2D eigenvalue weighted by Gasteiger charge is 2.47. The fourth-order valence-corrected chi connectivity index (χ4v) is 6.10. The number of rotatable bonds is 4. The molecule has 5 unspecified atom stereocenters. The topological polar surface area (TPSA) is 81.4 Å². The molecular weight excluding hydrogens is 456 g/mol. The number of nitrogens with one attached hydrogen (secondary N) is 4. The molecule has 4 N–H and O–H groups in total. The molecule has 5 atom stereocenters. The van der Waals surface area contributed by atoms with Crippen molar-refractivity contribution in [2.75, 3.05) is 0 Å². The standard InChI is InChI=1S/C31H28N6/c1-2-19-13-25(19)32-16-29-34-23-9-6-18(12-27(23)35-29)4-3-17-5-8-22-20(11-17)7-10-24-30(22)37-31(36-24)28-15-21-14-26(21)33-28/h1,5-6,8-9,11-12,19,21,25-26,28,32-33H,7,10,13-16H2,(H,34,35)(H,36,37). The number of aryl methyl sites for hydroxylation is 2. The van der Waals surface area contributed by atoms with Crippen LogP contribution in [0, 0.1) is 36.0 Å².